The molecule has 0 aliphatic carbocycles. The second kappa shape index (κ2) is 8.09. The number of rotatable bonds is 6. The van der Waals surface area contributed by atoms with Crippen LogP contribution in [0.2, 0.25) is 5.02 Å². The van der Waals surface area contributed by atoms with Crippen LogP contribution < -0.4 is 10.6 Å². The first-order valence-corrected chi connectivity index (χ1v) is 7.88. The van der Waals surface area contributed by atoms with Gasteiger partial charge in [0.15, 0.2) is 0 Å². The van der Waals surface area contributed by atoms with E-state index in [1.54, 1.807) is 0 Å². The summed E-state index contributed by atoms with van der Waals surface area (Å²) in [7, 11) is 0. The molecule has 2 rings (SSSR count). The van der Waals surface area contributed by atoms with E-state index in [0.29, 0.717) is 11.6 Å². The molecule has 0 aliphatic rings. The van der Waals surface area contributed by atoms with Gasteiger partial charge in [0.25, 0.3) is 0 Å². The highest BCUT2D eigenvalue weighted by Crippen LogP contribution is 2.21. The van der Waals surface area contributed by atoms with E-state index in [-0.39, 0.29) is 23.5 Å². The van der Waals surface area contributed by atoms with Crippen molar-refractivity contribution in [2.24, 2.45) is 5.92 Å². The van der Waals surface area contributed by atoms with Crippen LogP contribution in [-0.2, 0) is 4.79 Å². The number of halogens is 2. The number of hydrogen-bond donors (Lipinski definition) is 2. The summed E-state index contributed by atoms with van der Waals surface area (Å²) in [6.07, 6.45) is 0. The molecule has 1 atom stereocenters. The molecule has 0 radical (unpaired) electrons. The lowest BCUT2D eigenvalue weighted by Gasteiger charge is -2.22. The molecule has 5 heteroatoms. The van der Waals surface area contributed by atoms with Gasteiger partial charge in [-0.25, -0.2) is 4.39 Å². The van der Waals surface area contributed by atoms with Gasteiger partial charge >= 0.3 is 0 Å². The molecule has 0 saturated carbocycles. The van der Waals surface area contributed by atoms with Crippen molar-refractivity contribution in [2.75, 3.05) is 11.9 Å². The van der Waals surface area contributed by atoms with E-state index in [0.717, 1.165) is 5.56 Å². The summed E-state index contributed by atoms with van der Waals surface area (Å²) >= 11 is 5.70. The predicted molar refractivity (Wildman–Crippen MR) is 92.1 cm³/mol. The summed E-state index contributed by atoms with van der Waals surface area (Å²) in [6, 6.07) is 14.2. The average Bonchev–Trinajstić information content (AvgIpc) is 2.52. The number of benzene rings is 2. The van der Waals surface area contributed by atoms with E-state index in [2.05, 4.69) is 24.5 Å². The fourth-order valence-corrected chi connectivity index (χ4v) is 2.56. The molecular formula is C18H20ClFN2O. The Morgan fingerprint density at radius 2 is 1.87 bits per heavy atom. The van der Waals surface area contributed by atoms with E-state index >= 15 is 0 Å². The van der Waals surface area contributed by atoms with Crippen molar-refractivity contribution >= 4 is 23.2 Å². The molecule has 0 aromatic heterocycles. The van der Waals surface area contributed by atoms with E-state index in [1.807, 2.05) is 30.3 Å². The van der Waals surface area contributed by atoms with Crippen molar-refractivity contribution in [3.63, 3.8) is 0 Å². The van der Waals surface area contributed by atoms with E-state index in [1.165, 1.54) is 18.2 Å². The summed E-state index contributed by atoms with van der Waals surface area (Å²) in [4.78, 5) is 12.1. The third kappa shape index (κ3) is 5.05. The molecule has 2 aromatic carbocycles. The lowest BCUT2D eigenvalue weighted by Crippen LogP contribution is -2.33. The van der Waals surface area contributed by atoms with E-state index in [9.17, 15) is 9.18 Å². The van der Waals surface area contributed by atoms with Gasteiger partial charge in [-0.05, 0) is 29.7 Å². The first-order valence-electron chi connectivity index (χ1n) is 7.50. The highest BCUT2D eigenvalue weighted by molar-refractivity contribution is 6.31. The number of hydrogen-bond acceptors (Lipinski definition) is 2. The van der Waals surface area contributed by atoms with Crippen molar-refractivity contribution < 1.29 is 9.18 Å². The van der Waals surface area contributed by atoms with Gasteiger partial charge in [0.2, 0.25) is 5.91 Å². The van der Waals surface area contributed by atoms with Gasteiger partial charge in [0.1, 0.15) is 5.82 Å². The van der Waals surface area contributed by atoms with Gasteiger partial charge in [0, 0.05) is 11.7 Å². The van der Waals surface area contributed by atoms with Gasteiger partial charge < -0.3 is 10.6 Å². The Kier molecular flexibility index (Phi) is 6.13. The molecule has 0 fully saturated rings. The molecule has 0 unspecified atom stereocenters. The Labute approximate surface area is 140 Å². The summed E-state index contributed by atoms with van der Waals surface area (Å²) in [5, 5.41) is 5.95. The van der Waals surface area contributed by atoms with Gasteiger partial charge in [-0.3, -0.25) is 4.79 Å². The van der Waals surface area contributed by atoms with Crippen LogP contribution in [0.1, 0.15) is 25.5 Å². The Morgan fingerprint density at radius 3 is 2.48 bits per heavy atom. The summed E-state index contributed by atoms with van der Waals surface area (Å²) in [6.45, 7) is 4.36. The minimum atomic E-state index is -0.508. The van der Waals surface area contributed by atoms with E-state index < -0.39 is 5.82 Å². The largest absolute Gasteiger partial charge is 0.325 e. The molecule has 0 saturated heterocycles. The number of carbonyl (C=O) groups is 1. The summed E-state index contributed by atoms with van der Waals surface area (Å²) in [5.41, 5.74) is 1.61. The first-order chi connectivity index (χ1) is 11.0. The number of anilines is 1. The molecule has 0 aliphatic heterocycles. The quantitative estimate of drug-likeness (QED) is 0.821. The Hall–Kier alpha value is -1.91. The monoisotopic (exact) mass is 334 g/mol. The Morgan fingerprint density at radius 1 is 1.17 bits per heavy atom. The van der Waals surface area contributed by atoms with Crippen LogP contribution in [0.3, 0.4) is 0 Å². The number of carbonyl (C=O) groups excluding carboxylic acids is 1. The van der Waals surface area contributed by atoms with Crippen molar-refractivity contribution in [2.45, 2.75) is 19.9 Å². The Balaban J connectivity index is 1.95. The molecular weight excluding hydrogens is 315 g/mol. The molecule has 23 heavy (non-hydrogen) atoms. The van der Waals surface area contributed by atoms with Crippen LogP contribution in [0.25, 0.3) is 0 Å². The van der Waals surface area contributed by atoms with Gasteiger partial charge in [-0.2, -0.15) is 0 Å². The zero-order chi connectivity index (χ0) is 16.8. The second-order valence-electron chi connectivity index (χ2n) is 5.69. The minimum Gasteiger partial charge on any atom is -0.325 e. The highest BCUT2D eigenvalue weighted by Gasteiger charge is 2.16. The number of nitrogens with one attached hydrogen (secondary N) is 2. The molecule has 2 N–H and O–H groups in total. The van der Waals surface area contributed by atoms with E-state index in [4.69, 9.17) is 11.6 Å². The van der Waals surface area contributed by atoms with Crippen LogP contribution in [0, 0.1) is 11.7 Å². The Bertz CT molecular complexity index is 661. The molecule has 2 aromatic rings. The highest BCUT2D eigenvalue weighted by atomic mass is 35.5. The molecule has 122 valence electrons. The third-order valence-corrected chi connectivity index (χ3v) is 3.80. The van der Waals surface area contributed by atoms with Crippen molar-refractivity contribution in [1.82, 2.24) is 5.32 Å². The fourth-order valence-electron chi connectivity index (χ4n) is 2.38. The average molecular weight is 335 g/mol. The zero-order valence-corrected chi connectivity index (χ0v) is 13.9. The molecule has 0 spiro atoms. The number of amides is 1. The second-order valence-corrected chi connectivity index (χ2v) is 6.10. The molecule has 0 heterocycles. The maximum absolute atomic E-state index is 13.1. The molecule has 3 nitrogen and oxygen atoms in total. The van der Waals surface area contributed by atoms with Crippen LogP contribution in [0.4, 0.5) is 10.1 Å². The predicted octanol–water partition coefficient (Wildman–Crippen LogP) is 4.40. The SMILES string of the molecule is CC(C)[C@H](NCC(=O)Nc1ccc(F)c(Cl)c1)c1ccccc1. The molecule has 1 amide bonds. The maximum atomic E-state index is 13.1. The summed E-state index contributed by atoms with van der Waals surface area (Å²) in [5.74, 6) is -0.369. The lowest BCUT2D eigenvalue weighted by atomic mass is 9.96. The smallest absolute Gasteiger partial charge is 0.238 e. The van der Waals surface area contributed by atoms with Crippen LogP contribution in [0.15, 0.2) is 48.5 Å². The van der Waals surface area contributed by atoms with Crippen molar-refractivity contribution in [3.8, 4) is 0 Å². The van der Waals surface area contributed by atoms with Gasteiger partial charge in [-0.15, -0.1) is 0 Å². The minimum absolute atomic E-state index is 0.0138. The zero-order valence-electron chi connectivity index (χ0n) is 13.1. The topological polar surface area (TPSA) is 41.1 Å². The third-order valence-electron chi connectivity index (χ3n) is 3.51. The fraction of sp³-hybridized carbons (Fsp3) is 0.278. The lowest BCUT2D eigenvalue weighted by molar-refractivity contribution is -0.115. The van der Waals surface area contributed by atoms with Crippen molar-refractivity contribution in [1.29, 1.82) is 0 Å². The molecule has 0 bridgehead atoms. The normalized spacial score (nSPS) is 12.2. The van der Waals surface area contributed by atoms with Crippen molar-refractivity contribution in [3.05, 3.63) is 64.9 Å². The van der Waals surface area contributed by atoms with Gasteiger partial charge in [-0.1, -0.05) is 55.8 Å². The van der Waals surface area contributed by atoms with Crippen LogP contribution >= 0.6 is 11.6 Å². The van der Waals surface area contributed by atoms with Gasteiger partial charge in [0.05, 0.1) is 11.6 Å². The maximum Gasteiger partial charge on any atom is 0.238 e. The first kappa shape index (κ1) is 17.4. The van der Waals surface area contributed by atoms with Crippen LogP contribution in [0.5, 0.6) is 0 Å². The summed E-state index contributed by atoms with van der Waals surface area (Å²) < 4.78 is 13.1. The van der Waals surface area contributed by atoms with Crippen LogP contribution in [-0.4, -0.2) is 12.5 Å². The standard InChI is InChI=1S/C18H20ClFN2O/c1-12(2)18(13-6-4-3-5-7-13)21-11-17(23)22-14-8-9-16(20)15(19)10-14/h3-10,12,18,21H,11H2,1-2H3,(H,22,23)/t18-/m0/s1.